The van der Waals surface area contributed by atoms with Gasteiger partial charge in [0.1, 0.15) is 0 Å². The Morgan fingerprint density at radius 3 is 2.47 bits per heavy atom. The number of amides is 1. The molecule has 30 heavy (non-hydrogen) atoms. The average Bonchev–Trinajstić information content (AvgIpc) is 3.18. The van der Waals surface area contributed by atoms with Crippen LogP contribution in [-0.2, 0) is 17.9 Å². The van der Waals surface area contributed by atoms with E-state index in [-0.39, 0.29) is 29.9 Å². The molecule has 0 saturated heterocycles. The molecule has 3 aromatic rings. The van der Waals surface area contributed by atoms with Gasteiger partial charge in [0.05, 0.1) is 0 Å². The fourth-order valence-corrected chi connectivity index (χ4v) is 3.19. The molecule has 2 aromatic carbocycles. The third-order valence-corrected chi connectivity index (χ3v) is 4.75. The number of halogens is 1. The lowest BCUT2D eigenvalue weighted by Gasteiger charge is -2.12. The average molecular weight is 519 g/mol. The van der Waals surface area contributed by atoms with Crippen LogP contribution in [0.2, 0.25) is 0 Å². The summed E-state index contributed by atoms with van der Waals surface area (Å²) < 4.78 is 2.27. The molecular weight excluding hydrogens is 489 g/mol. The predicted octanol–water partition coefficient (Wildman–Crippen LogP) is 3.52. The molecule has 3 N–H and O–H groups in total. The maximum Gasteiger partial charge on any atom is 0.222 e. The molecule has 0 saturated carbocycles. The lowest BCUT2D eigenvalue weighted by molar-refractivity contribution is -0.121. The van der Waals surface area contributed by atoms with Gasteiger partial charge in [0.2, 0.25) is 5.91 Å². The van der Waals surface area contributed by atoms with Crippen molar-refractivity contribution >= 4 is 46.7 Å². The zero-order valence-electron chi connectivity index (χ0n) is 17.3. The highest BCUT2D eigenvalue weighted by Gasteiger charge is 2.03. The number of carbonyl (C=O) groups excluding carboxylic acids is 1. The van der Waals surface area contributed by atoms with Crippen molar-refractivity contribution in [2.75, 3.05) is 20.1 Å². The van der Waals surface area contributed by atoms with Crippen LogP contribution in [0.1, 0.15) is 18.4 Å². The first-order chi connectivity index (χ1) is 14.3. The molecule has 160 valence electrons. The third kappa shape index (κ3) is 7.37. The van der Waals surface area contributed by atoms with E-state index in [9.17, 15) is 4.79 Å². The van der Waals surface area contributed by atoms with Crippen molar-refractivity contribution in [3.05, 3.63) is 72.4 Å². The van der Waals surface area contributed by atoms with Gasteiger partial charge < -0.3 is 20.5 Å². The lowest BCUT2D eigenvalue weighted by Crippen LogP contribution is -2.39. The fourth-order valence-electron chi connectivity index (χ4n) is 3.19. The van der Waals surface area contributed by atoms with E-state index in [4.69, 9.17) is 0 Å². The monoisotopic (exact) mass is 519 g/mol. The number of rotatable bonds is 9. The number of aryl methyl sites for hydroxylation is 1. The van der Waals surface area contributed by atoms with Gasteiger partial charge in [-0.3, -0.25) is 9.79 Å². The summed E-state index contributed by atoms with van der Waals surface area (Å²) in [6, 6.07) is 20.5. The number of para-hydroxylation sites is 1. The number of aliphatic imine (C=N–C) groups is 1. The minimum Gasteiger partial charge on any atom is -0.356 e. The maximum absolute atomic E-state index is 12.0. The van der Waals surface area contributed by atoms with Crippen LogP contribution in [0.25, 0.3) is 10.9 Å². The normalized spacial score (nSPS) is 11.0. The summed E-state index contributed by atoms with van der Waals surface area (Å²) in [4.78, 5) is 16.2. The van der Waals surface area contributed by atoms with E-state index in [1.54, 1.807) is 7.05 Å². The van der Waals surface area contributed by atoms with Crippen LogP contribution in [0, 0.1) is 0 Å². The van der Waals surface area contributed by atoms with Crippen molar-refractivity contribution < 1.29 is 4.79 Å². The van der Waals surface area contributed by atoms with E-state index in [0.29, 0.717) is 19.5 Å². The molecule has 0 aliphatic heterocycles. The minimum absolute atomic E-state index is 0. The molecule has 3 rings (SSSR count). The third-order valence-electron chi connectivity index (χ3n) is 4.75. The first-order valence-electron chi connectivity index (χ1n) is 10.1. The van der Waals surface area contributed by atoms with E-state index in [1.807, 2.05) is 30.3 Å². The molecule has 7 heteroatoms. The number of aromatic nitrogens is 1. The summed E-state index contributed by atoms with van der Waals surface area (Å²) in [5, 5.41) is 10.7. The molecular formula is C23H30IN5O. The van der Waals surface area contributed by atoms with Crippen molar-refractivity contribution in [2.24, 2.45) is 4.99 Å². The quantitative estimate of drug-likeness (QED) is 0.175. The van der Waals surface area contributed by atoms with Crippen LogP contribution in [0.4, 0.5) is 0 Å². The number of nitrogens with one attached hydrogen (secondary N) is 3. The van der Waals surface area contributed by atoms with Gasteiger partial charge >= 0.3 is 0 Å². The molecule has 1 heterocycles. The molecule has 0 aliphatic carbocycles. The van der Waals surface area contributed by atoms with Gasteiger partial charge in [-0.2, -0.15) is 0 Å². The van der Waals surface area contributed by atoms with Crippen LogP contribution in [0.15, 0.2) is 71.9 Å². The molecule has 0 aliphatic rings. The second-order valence-corrected chi connectivity index (χ2v) is 6.86. The number of benzene rings is 2. The summed E-state index contributed by atoms with van der Waals surface area (Å²) in [5.41, 5.74) is 2.36. The molecule has 6 nitrogen and oxygen atoms in total. The summed E-state index contributed by atoms with van der Waals surface area (Å²) in [7, 11) is 1.74. The maximum atomic E-state index is 12.0. The smallest absolute Gasteiger partial charge is 0.222 e. The van der Waals surface area contributed by atoms with Gasteiger partial charge in [-0.25, -0.2) is 0 Å². The van der Waals surface area contributed by atoms with E-state index < -0.39 is 0 Å². The zero-order chi connectivity index (χ0) is 20.3. The second kappa shape index (κ2) is 12.9. The van der Waals surface area contributed by atoms with Crippen molar-refractivity contribution in [1.29, 1.82) is 0 Å². The number of fused-ring (bicyclic) bond motifs is 1. The van der Waals surface area contributed by atoms with Crippen LogP contribution in [0.3, 0.4) is 0 Å². The van der Waals surface area contributed by atoms with E-state index in [0.717, 1.165) is 31.0 Å². The first kappa shape index (κ1) is 23.7. The SMILES string of the molecule is CN=C(NCCCn1ccc2ccccc21)NCCC(=O)NCc1ccccc1.I. The number of hydrogen-bond donors (Lipinski definition) is 3. The highest BCUT2D eigenvalue weighted by atomic mass is 127. The standard InChI is InChI=1S/C23H29N5O.HI/c1-24-23(26-15-12-22(29)27-18-19-8-3-2-4-9-19)25-14-7-16-28-17-13-20-10-5-6-11-21(20)28;/h2-6,8-11,13,17H,7,12,14-16,18H2,1H3,(H,27,29)(H2,24,25,26);1H. The molecule has 0 unspecified atom stereocenters. The van der Waals surface area contributed by atoms with E-state index >= 15 is 0 Å². The van der Waals surface area contributed by atoms with E-state index in [2.05, 4.69) is 62.0 Å². The molecule has 1 aromatic heterocycles. The number of carbonyl (C=O) groups is 1. The topological polar surface area (TPSA) is 70.5 Å². The Kier molecular flexibility index (Phi) is 10.2. The molecule has 0 atom stereocenters. The number of guanidine groups is 1. The minimum atomic E-state index is 0. The lowest BCUT2D eigenvalue weighted by atomic mass is 10.2. The highest BCUT2D eigenvalue weighted by Crippen LogP contribution is 2.15. The Morgan fingerprint density at radius 2 is 1.67 bits per heavy atom. The molecule has 0 spiro atoms. The van der Waals surface area contributed by atoms with E-state index in [1.165, 1.54) is 10.9 Å². The van der Waals surface area contributed by atoms with Crippen molar-refractivity contribution in [1.82, 2.24) is 20.5 Å². The van der Waals surface area contributed by atoms with Crippen LogP contribution < -0.4 is 16.0 Å². The summed E-state index contributed by atoms with van der Waals surface area (Å²) in [6.07, 6.45) is 3.52. The van der Waals surface area contributed by atoms with Crippen LogP contribution in [-0.4, -0.2) is 36.6 Å². The van der Waals surface area contributed by atoms with Crippen LogP contribution >= 0.6 is 24.0 Å². The van der Waals surface area contributed by atoms with Gasteiger partial charge in [-0.1, -0.05) is 48.5 Å². The summed E-state index contributed by atoms with van der Waals surface area (Å²) in [6.45, 7) is 2.86. The summed E-state index contributed by atoms with van der Waals surface area (Å²) >= 11 is 0. The second-order valence-electron chi connectivity index (χ2n) is 6.86. The Hall–Kier alpha value is -2.55. The Balaban J connectivity index is 0.00000320. The molecule has 0 fully saturated rings. The van der Waals surface area contributed by atoms with Crippen molar-refractivity contribution in [2.45, 2.75) is 25.9 Å². The Bertz CT molecular complexity index is 939. The summed E-state index contributed by atoms with van der Waals surface area (Å²) in [5.74, 6) is 0.745. The van der Waals surface area contributed by atoms with Gasteiger partial charge in [0.25, 0.3) is 0 Å². The molecule has 0 bridgehead atoms. The largest absolute Gasteiger partial charge is 0.356 e. The van der Waals surface area contributed by atoms with Gasteiger partial charge in [0.15, 0.2) is 5.96 Å². The fraction of sp³-hybridized carbons (Fsp3) is 0.304. The van der Waals surface area contributed by atoms with Crippen LogP contribution in [0.5, 0.6) is 0 Å². The van der Waals surface area contributed by atoms with Gasteiger partial charge in [-0.05, 0) is 29.5 Å². The Labute approximate surface area is 195 Å². The number of nitrogens with zero attached hydrogens (tertiary/aromatic N) is 2. The van der Waals surface area contributed by atoms with Crippen molar-refractivity contribution in [3.63, 3.8) is 0 Å². The predicted molar refractivity (Wildman–Crippen MR) is 134 cm³/mol. The van der Waals surface area contributed by atoms with Gasteiger partial charge in [0, 0.05) is 51.4 Å². The Morgan fingerprint density at radius 1 is 0.933 bits per heavy atom. The van der Waals surface area contributed by atoms with Gasteiger partial charge in [-0.15, -0.1) is 24.0 Å². The van der Waals surface area contributed by atoms with Crippen molar-refractivity contribution in [3.8, 4) is 0 Å². The zero-order valence-corrected chi connectivity index (χ0v) is 19.6. The molecule has 1 amide bonds. The highest BCUT2D eigenvalue weighted by molar-refractivity contribution is 14.0. The molecule has 0 radical (unpaired) electrons. The number of hydrogen-bond acceptors (Lipinski definition) is 2. The first-order valence-corrected chi connectivity index (χ1v) is 10.1.